The topological polar surface area (TPSA) is 51.2 Å². The maximum absolute atomic E-state index is 11.1. The molecule has 0 atom stereocenters. The number of nitrogens with one attached hydrogen (secondary N) is 1. The zero-order valence-corrected chi connectivity index (χ0v) is 12.3. The summed E-state index contributed by atoms with van der Waals surface area (Å²) in [5.74, 6) is -0.318. The molecule has 0 bridgehead atoms. The Morgan fingerprint density at radius 2 is 2.26 bits per heavy atom. The predicted octanol–water partition coefficient (Wildman–Crippen LogP) is 3.91. The highest BCUT2D eigenvalue weighted by atomic mass is 35.5. The van der Waals surface area contributed by atoms with Crippen LogP contribution in [0, 0.1) is 0 Å². The molecule has 0 saturated carbocycles. The maximum atomic E-state index is 11.1. The van der Waals surface area contributed by atoms with E-state index in [9.17, 15) is 4.79 Å². The van der Waals surface area contributed by atoms with Crippen LogP contribution in [-0.2, 0) is 16.0 Å². The molecule has 0 unspecified atom stereocenters. The Labute approximate surface area is 124 Å². The molecule has 0 fully saturated rings. The van der Waals surface area contributed by atoms with Gasteiger partial charge in [-0.25, -0.2) is 4.98 Å². The van der Waals surface area contributed by atoms with Gasteiger partial charge >= 0.3 is 5.97 Å². The van der Waals surface area contributed by atoms with Crippen LogP contribution in [0.3, 0.4) is 0 Å². The Morgan fingerprint density at radius 1 is 1.47 bits per heavy atom. The van der Waals surface area contributed by atoms with Crippen molar-refractivity contribution in [1.29, 1.82) is 0 Å². The average molecular weight is 317 g/mol. The molecule has 2 rings (SSSR count). The van der Waals surface area contributed by atoms with E-state index in [2.05, 4.69) is 15.0 Å². The number of hydrogen-bond donors (Lipinski definition) is 1. The van der Waals surface area contributed by atoms with Crippen LogP contribution in [0.5, 0.6) is 0 Å². The number of hydrogen-bond acceptors (Lipinski definition) is 5. The SMILES string of the molecule is COC(=O)Cc1csc(Nc2ccc(Cl)cc2Cl)n1. The fraction of sp³-hybridized carbons (Fsp3) is 0.167. The smallest absolute Gasteiger partial charge is 0.311 e. The molecule has 1 aromatic carbocycles. The van der Waals surface area contributed by atoms with Crippen molar-refractivity contribution in [3.63, 3.8) is 0 Å². The van der Waals surface area contributed by atoms with Crippen molar-refractivity contribution in [3.05, 3.63) is 39.3 Å². The highest BCUT2D eigenvalue weighted by Gasteiger charge is 2.09. The Morgan fingerprint density at radius 3 is 2.95 bits per heavy atom. The fourth-order valence-corrected chi connectivity index (χ4v) is 2.55. The van der Waals surface area contributed by atoms with Crippen molar-refractivity contribution < 1.29 is 9.53 Å². The standard InChI is InChI=1S/C12H10Cl2N2O2S/c1-18-11(17)5-8-6-19-12(15-8)16-10-3-2-7(13)4-9(10)14/h2-4,6H,5H2,1H3,(H,15,16). The lowest BCUT2D eigenvalue weighted by molar-refractivity contribution is -0.139. The minimum Gasteiger partial charge on any atom is -0.469 e. The molecule has 0 aliphatic heterocycles. The van der Waals surface area contributed by atoms with Crippen molar-refractivity contribution in [2.45, 2.75) is 6.42 Å². The molecular formula is C12H10Cl2N2O2S. The number of aromatic nitrogens is 1. The molecule has 100 valence electrons. The molecule has 2 aromatic rings. The lowest BCUT2D eigenvalue weighted by Crippen LogP contribution is -2.04. The largest absolute Gasteiger partial charge is 0.469 e. The van der Waals surface area contributed by atoms with Crippen LogP contribution in [0.2, 0.25) is 10.0 Å². The van der Waals surface area contributed by atoms with E-state index in [1.54, 1.807) is 23.6 Å². The van der Waals surface area contributed by atoms with Gasteiger partial charge in [-0.15, -0.1) is 11.3 Å². The number of carbonyl (C=O) groups is 1. The van der Waals surface area contributed by atoms with Gasteiger partial charge in [-0.05, 0) is 18.2 Å². The minimum atomic E-state index is -0.318. The number of thiazole rings is 1. The summed E-state index contributed by atoms with van der Waals surface area (Å²) in [4.78, 5) is 15.4. The summed E-state index contributed by atoms with van der Waals surface area (Å²) in [6.45, 7) is 0. The minimum absolute atomic E-state index is 0.156. The van der Waals surface area contributed by atoms with E-state index in [0.717, 1.165) is 0 Å². The first-order valence-electron chi connectivity index (χ1n) is 5.32. The first-order valence-corrected chi connectivity index (χ1v) is 6.95. The number of nitrogens with zero attached hydrogens (tertiary/aromatic N) is 1. The molecule has 0 saturated heterocycles. The van der Waals surface area contributed by atoms with E-state index in [1.807, 2.05) is 0 Å². The summed E-state index contributed by atoms with van der Waals surface area (Å²) in [5.41, 5.74) is 1.37. The summed E-state index contributed by atoms with van der Waals surface area (Å²) >= 11 is 13.3. The number of rotatable bonds is 4. The van der Waals surface area contributed by atoms with Gasteiger partial charge in [0.1, 0.15) is 0 Å². The lowest BCUT2D eigenvalue weighted by Gasteiger charge is -2.05. The van der Waals surface area contributed by atoms with Gasteiger partial charge in [-0.3, -0.25) is 4.79 Å². The van der Waals surface area contributed by atoms with Crippen molar-refractivity contribution >= 4 is 51.3 Å². The Balaban J connectivity index is 2.09. The van der Waals surface area contributed by atoms with E-state index in [4.69, 9.17) is 23.2 Å². The van der Waals surface area contributed by atoms with Gasteiger partial charge < -0.3 is 10.1 Å². The van der Waals surface area contributed by atoms with Gasteiger partial charge in [0.2, 0.25) is 0 Å². The third-order valence-electron chi connectivity index (χ3n) is 2.28. The molecule has 0 aliphatic carbocycles. The van der Waals surface area contributed by atoms with Crippen LogP contribution in [0.1, 0.15) is 5.69 Å². The van der Waals surface area contributed by atoms with Crippen LogP contribution >= 0.6 is 34.5 Å². The van der Waals surface area contributed by atoms with E-state index in [1.165, 1.54) is 18.4 Å². The molecule has 0 spiro atoms. The maximum Gasteiger partial charge on any atom is 0.311 e. The van der Waals surface area contributed by atoms with Crippen molar-refractivity contribution in [1.82, 2.24) is 4.98 Å². The van der Waals surface area contributed by atoms with Crippen LogP contribution in [0.4, 0.5) is 10.8 Å². The van der Waals surface area contributed by atoms with Gasteiger partial charge in [0.15, 0.2) is 5.13 Å². The Hall–Kier alpha value is -1.30. The summed E-state index contributed by atoms with van der Waals surface area (Å²) in [7, 11) is 1.35. The zero-order valence-electron chi connectivity index (χ0n) is 9.94. The quantitative estimate of drug-likeness (QED) is 0.869. The van der Waals surface area contributed by atoms with E-state index in [-0.39, 0.29) is 12.4 Å². The van der Waals surface area contributed by atoms with Gasteiger partial charge in [0, 0.05) is 10.4 Å². The van der Waals surface area contributed by atoms with Crippen LogP contribution in [-0.4, -0.2) is 18.1 Å². The molecular weight excluding hydrogens is 307 g/mol. The number of carbonyl (C=O) groups excluding carboxylic acids is 1. The van der Waals surface area contributed by atoms with Gasteiger partial charge in [-0.1, -0.05) is 23.2 Å². The fourth-order valence-electron chi connectivity index (χ4n) is 1.37. The summed E-state index contributed by atoms with van der Waals surface area (Å²) in [6.07, 6.45) is 0.156. The molecule has 4 nitrogen and oxygen atoms in total. The first kappa shape index (κ1) is 14.1. The summed E-state index contributed by atoms with van der Waals surface area (Å²) in [6, 6.07) is 5.15. The number of methoxy groups -OCH3 is 1. The molecule has 1 heterocycles. The van der Waals surface area contributed by atoms with E-state index in [0.29, 0.717) is 26.6 Å². The number of benzene rings is 1. The average Bonchev–Trinajstić information content (AvgIpc) is 2.80. The highest BCUT2D eigenvalue weighted by molar-refractivity contribution is 7.13. The van der Waals surface area contributed by atoms with Crippen molar-refractivity contribution in [2.24, 2.45) is 0 Å². The molecule has 7 heteroatoms. The second kappa shape index (κ2) is 6.23. The molecule has 0 amide bonds. The molecule has 0 radical (unpaired) electrons. The first-order chi connectivity index (χ1) is 9.08. The van der Waals surface area contributed by atoms with E-state index < -0.39 is 0 Å². The van der Waals surface area contributed by atoms with Crippen LogP contribution < -0.4 is 5.32 Å². The predicted molar refractivity (Wildman–Crippen MR) is 77.6 cm³/mol. The number of anilines is 2. The molecule has 19 heavy (non-hydrogen) atoms. The Bertz CT molecular complexity index is 601. The number of esters is 1. The van der Waals surface area contributed by atoms with Gasteiger partial charge in [0.25, 0.3) is 0 Å². The molecule has 1 N–H and O–H groups in total. The van der Waals surface area contributed by atoms with Crippen molar-refractivity contribution in [3.8, 4) is 0 Å². The van der Waals surface area contributed by atoms with Gasteiger partial charge in [-0.2, -0.15) is 0 Å². The second-order valence-corrected chi connectivity index (χ2v) is 5.35. The normalized spacial score (nSPS) is 10.3. The van der Waals surface area contributed by atoms with Crippen LogP contribution in [0.25, 0.3) is 0 Å². The number of ether oxygens (including phenoxy) is 1. The lowest BCUT2D eigenvalue weighted by atomic mass is 10.3. The summed E-state index contributed by atoms with van der Waals surface area (Å²) in [5, 5.41) is 6.61. The summed E-state index contributed by atoms with van der Waals surface area (Å²) < 4.78 is 4.58. The second-order valence-electron chi connectivity index (χ2n) is 3.65. The molecule has 1 aromatic heterocycles. The van der Waals surface area contributed by atoms with Crippen LogP contribution in [0.15, 0.2) is 23.6 Å². The van der Waals surface area contributed by atoms with Gasteiger partial charge in [0.05, 0.1) is 29.9 Å². The van der Waals surface area contributed by atoms with Crippen molar-refractivity contribution in [2.75, 3.05) is 12.4 Å². The third kappa shape index (κ3) is 3.83. The third-order valence-corrected chi connectivity index (χ3v) is 3.63. The monoisotopic (exact) mass is 316 g/mol. The molecule has 0 aliphatic rings. The van der Waals surface area contributed by atoms with E-state index >= 15 is 0 Å². The zero-order chi connectivity index (χ0) is 13.8. The Kier molecular flexibility index (Phi) is 4.63. The number of halogens is 2. The highest BCUT2D eigenvalue weighted by Crippen LogP contribution is 2.29.